The van der Waals surface area contributed by atoms with E-state index in [1.54, 1.807) is 0 Å². The predicted octanol–water partition coefficient (Wildman–Crippen LogP) is 0.594. The van der Waals surface area contributed by atoms with Gasteiger partial charge in [0.15, 0.2) is 0 Å². The molecule has 2 heteroatoms. The first kappa shape index (κ1) is 7.63. The van der Waals surface area contributed by atoms with Gasteiger partial charge in [0.25, 0.3) is 0 Å². The van der Waals surface area contributed by atoms with Crippen LogP contribution in [0.3, 0.4) is 0 Å². The van der Waals surface area contributed by atoms with Crippen molar-refractivity contribution in [3.8, 4) is 0 Å². The van der Waals surface area contributed by atoms with Crippen LogP contribution < -0.4 is 0 Å². The maximum Gasteiger partial charge on any atom is 0.125 e. The van der Waals surface area contributed by atoms with E-state index >= 15 is 0 Å². The molecular formula is C6H12O2. The Kier molecular flexibility index (Phi) is 4.56. The third-order valence-electron chi connectivity index (χ3n) is 1.09. The molecule has 0 aliphatic rings. The van der Waals surface area contributed by atoms with Crippen LogP contribution in [0.25, 0.3) is 0 Å². The molecule has 0 spiro atoms. The van der Waals surface area contributed by atoms with E-state index in [4.69, 9.17) is 5.11 Å². The first-order chi connectivity index (χ1) is 3.85. The second-order valence-corrected chi connectivity index (χ2v) is 1.87. The molecule has 0 amide bonds. The van der Waals surface area contributed by atoms with Crippen LogP contribution in [-0.2, 0) is 4.79 Å². The van der Waals surface area contributed by atoms with E-state index in [1.165, 1.54) is 0 Å². The maximum absolute atomic E-state index is 9.97. The lowest BCUT2D eigenvalue weighted by Gasteiger charge is -2.00. The third kappa shape index (κ3) is 2.75. The number of aldehydes is 1. The molecule has 0 rings (SSSR count). The molecule has 1 unspecified atom stereocenters. The topological polar surface area (TPSA) is 37.3 Å². The van der Waals surface area contributed by atoms with Crippen molar-refractivity contribution < 1.29 is 9.90 Å². The summed E-state index contributed by atoms with van der Waals surface area (Å²) in [5.74, 6) is -0.125. The van der Waals surface area contributed by atoms with Gasteiger partial charge in [-0.1, -0.05) is 13.3 Å². The molecule has 0 aromatic carbocycles. The van der Waals surface area contributed by atoms with Gasteiger partial charge in [-0.3, -0.25) is 0 Å². The molecule has 0 radical (unpaired) electrons. The molecule has 0 heterocycles. The van der Waals surface area contributed by atoms with Crippen LogP contribution in [0, 0.1) is 5.92 Å². The second kappa shape index (κ2) is 4.78. The Morgan fingerprint density at radius 1 is 1.75 bits per heavy atom. The molecule has 8 heavy (non-hydrogen) atoms. The van der Waals surface area contributed by atoms with Crippen LogP contribution >= 0.6 is 0 Å². The largest absolute Gasteiger partial charge is 0.396 e. The van der Waals surface area contributed by atoms with E-state index in [2.05, 4.69) is 0 Å². The molecule has 0 bridgehead atoms. The van der Waals surface area contributed by atoms with Gasteiger partial charge in [-0.2, -0.15) is 0 Å². The number of carbonyl (C=O) groups is 1. The minimum atomic E-state index is -0.125. The fourth-order valence-corrected chi connectivity index (χ4v) is 0.573. The first-order valence-electron chi connectivity index (χ1n) is 2.91. The molecule has 0 aromatic rings. The van der Waals surface area contributed by atoms with Crippen LogP contribution in [0.2, 0.25) is 0 Å². The van der Waals surface area contributed by atoms with E-state index < -0.39 is 0 Å². The fourth-order valence-electron chi connectivity index (χ4n) is 0.573. The molecule has 0 aliphatic heterocycles. The molecule has 0 saturated carbocycles. The highest BCUT2D eigenvalue weighted by Gasteiger charge is 2.01. The van der Waals surface area contributed by atoms with Gasteiger partial charge in [0.05, 0.1) is 6.61 Å². The molecule has 48 valence electrons. The van der Waals surface area contributed by atoms with Crippen molar-refractivity contribution >= 4 is 6.29 Å². The Morgan fingerprint density at radius 3 is 2.50 bits per heavy atom. The van der Waals surface area contributed by atoms with Gasteiger partial charge in [0.2, 0.25) is 0 Å². The Balaban J connectivity index is 3.21. The van der Waals surface area contributed by atoms with Gasteiger partial charge >= 0.3 is 0 Å². The highest BCUT2D eigenvalue weighted by Crippen LogP contribution is 1.99. The summed E-state index contributed by atoms with van der Waals surface area (Å²) < 4.78 is 0. The second-order valence-electron chi connectivity index (χ2n) is 1.87. The summed E-state index contributed by atoms with van der Waals surface area (Å²) in [5.41, 5.74) is 0. The lowest BCUT2D eigenvalue weighted by molar-refractivity contribution is -0.112. The quantitative estimate of drug-likeness (QED) is 0.546. The molecular weight excluding hydrogens is 104 g/mol. The minimum absolute atomic E-state index is 0.00264. The number of hydrogen-bond acceptors (Lipinski definition) is 2. The van der Waals surface area contributed by atoms with Crippen LogP contribution in [0.4, 0.5) is 0 Å². The monoisotopic (exact) mass is 116 g/mol. The third-order valence-corrected chi connectivity index (χ3v) is 1.09. The summed E-state index contributed by atoms with van der Waals surface area (Å²) in [6, 6.07) is 0. The molecule has 0 aliphatic carbocycles. The highest BCUT2D eigenvalue weighted by atomic mass is 16.3. The smallest absolute Gasteiger partial charge is 0.125 e. The summed E-state index contributed by atoms with van der Waals surface area (Å²) in [6.07, 6.45) is 2.58. The Labute approximate surface area is 49.5 Å². The summed E-state index contributed by atoms with van der Waals surface area (Å²) in [7, 11) is 0. The van der Waals surface area contributed by atoms with Crippen LogP contribution in [0.1, 0.15) is 19.8 Å². The Bertz CT molecular complexity index is 61.5. The molecule has 0 saturated heterocycles. The summed E-state index contributed by atoms with van der Waals surface area (Å²) in [5, 5.41) is 8.43. The molecule has 2 nitrogen and oxygen atoms in total. The molecule has 0 aromatic heterocycles. The van der Waals surface area contributed by atoms with Gasteiger partial charge in [0, 0.05) is 5.92 Å². The van der Waals surface area contributed by atoms with Crippen molar-refractivity contribution in [1.82, 2.24) is 0 Å². The molecule has 0 fully saturated rings. The van der Waals surface area contributed by atoms with Crippen molar-refractivity contribution in [2.75, 3.05) is 6.61 Å². The number of aliphatic hydroxyl groups is 1. The van der Waals surface area contributed by atoms with Gasteiger partial charge in [0.1, 0.15) is 6.29 Å². The van der Waals surface area contributed by atoms with Crippen molar-refractivity contribution in [3.05, 3.63) is 0 Å². The summed E-state index contributed by atoms with van der Waals surface area (Å²) >= 11 is 0. The van der Waals surface area contributed by atoms with Gasteiger partial charge in [-0.25, -0.2) is 0 Å². The van der Waals surface area contributed by atoms with Crippen LogP contribution in [0.5, 0.6) is 0 Å². The predicted molar refractivity (Wildman–Crippen MR) is 31.5 cm³/mol. The van der Waals surface area contributed by atoms with E-state index in [1.807, 2.05) is 6.92 Å². The lowest BCUT2D eigenvalue weighted by atomic mass is 10.1. The van der Waals surface area contributed by atoms with Crippen LogP contribution in [0.15, 0.2) is 0 Å². The first-order valence-corrected chi connectivity index (χ1v) is 2.91. The number of hydrogen-bond donors (Lipinski definition) is 1. The van der Waals surface area contributed by atoms with E-state index in [0.717, 1.165) is 19.1 Å². The zero-order valence-electron chi connectivity index (χ0n) is 5.13. The SMILES string of the molecule is CCCC(C=O)CO. The van der Waals surface area contributed by atoms with Crippen molar-refractivity contribution in [2.24, 2.45) is 5.92 Å². The van der Waals surface area contributed by atoms with E-state index in [9.17, 15) is 4.79 Å². The minimum Gasteiger partial charge on any atom is -0.396 e. The van der Waals surface area contributed by atoms with E-state index in [-0.39, 0.29) is 12.5 Å². The van der Waals surface area contributed by atoms with E-state index in [0.29, 0.717) is 0 Å². The van der Waals surface area contributed by atoms with Gasteiger partial charge in [-0.05, 0) is 6.42 Å². The number of carbonyl (C=O) groups excluding carboxylic acids is 1. The lowest BCUT2D eigenvalue weighted by Crippen LogP contribution is -2.05. The Hall–Kier alpha value is -0.370. The zero-order chi connectivity index (χ0) is 6.41. The fraction of sp³-hybridized carbons (Fsp3) is 0.833. The van der Waals surface area contributed by atoms with Gasteiger partial charge in [-0.15, -0.1) is 0 Å². The van der Waals surface area contributed by atoms with Crippen molar-refractivity contribution in [3.63, 3.8) is 0 Å². The Morgan fingerprint density at radius 2 is 2.38 bits per heavy atom. The standard InChI is InChI=1S/C6H12O2/c1-2-3-6(4-7)5-8/h4,6,8H,2-3,5H2,1H3. The van der Waals surface area contributed by atoms with Crippen molar-refractivity contribution in [1.29, 1.82) is 0 Å². The average molecular weight is 116 g/mol. The average Bonchev–Trinajstić information content (AvgIpc) is 1.83. The van der Waals surface area contributed by atoms with Gasteiger partial charge < -0.3 is 9.90 Å². The highest BCUT2D eigenvalue weighted by molar-refractivity contribution is 5.53. The maximum atomic E-state index is 9.97. The number of rotatable bonds is 4. The summed E-state index contributed by atoms with van der Waals surface area (Å²) in [6.45, 7) is 1.99. The normalized spacial score (nSPS) is 13.2. The summed E-state index contributed by atoms with van der Waals surface area (Å²) in [4.78, 5) is 9.97. The van der Waals surface area contributed by atoms with Crippen LogP contribution in [-0.4, -0.2) is 18.0 Å². The molecule has 1 atom stereocenters. The number of aliphatic hydroxyl groups excluding tert-OH is 1. The van der Waals surface area contributed by atoms with Crippen molar-refractivity contribution in [2.45, 2.75) is 19.8 Å². The molecule has 1 N–H and O–H groups in total. The zero-order valence-corrected chi connectivity index (χ0v) is 5.13.